The first-order valence-corrected chi connectivity index (χ1v) is 4.02. The van der Waals surface area contributed by atoms with Crippen molar-refractivity contribution in [3.63, 3.8) is 0 Å². The third-order valence-corrected chi connectivity index (χ3v) is 1.70. The molecule has 74 valence electrons. The molecule has 0 saturated carbocycles. The fraction of sp³-hybridized carbons (Fsp3) is 0.571. The molecular weight excluding hydrogens is 170 g/mol. The second-order valence-electron chi connectivity index (χ2n) is 3.01. The smallest absolute Gasteiger partial charge is 0.243 e. The van der Waals surface area contributed by atoms with E-state index in [-0.39, 0.29) is 5.91 Å². The Morgan fingerprint density at radius 3 is 2.85 bits per heavy atom. The molecule has 0 saturated heterocycles. The third-order valence-electron chi connectivity index (χ3n) is 1.70. The number of hydrogen-bond acceptors (Lipinski definition) is 5. The molecule has 1 amide bonds. The molecule has 0 spiro atoms. The van der Waals surface area contributed by atoms with Crippen molar-refractivity contribution in [2.45, 2.75) is 0 Å². The molecule has 0 aromatic carbocycles. The first-order chi connectivity index (χ1) is 6.13. The van der Waals surface area contributed by atoms with Gasteiger partial charge in [-0.3, -0.25) is 9.80 Å². The minimum absolute atomic E-state index is 0.0313. The summed E-state index contributed by atoms with van der Waals surface area (Å²) in [6, 6.07) is 0. The lowest BCUT2D eigenvalue weighted by atomic mass is 10.5. The Hall–Kier alpha value is -1.27. The van der Waals surface area contributed by atoms with E-state index in [1.807, 2.05) is 0 Å². The average molecular weight is 185 g/mol. The van der Waals surface area contributed by atoms with E-state index >= 15 is 0 Å². The molecule has 1 heterocycles. The van der Waals surface area contributed by atoms with Crippen LogP contribution in [0.15, 0.2) is 11.9 Å². The molecule has 0 unspecified atom stereocenters. The van der Waals surface area contributed by atoms with E-state index in [0.717, 1.165) is 5.70 Å². The Balaban J connectivity index is 2.40. The van der Waals surface area contributed by atoms with Gasteiger partial charge >= 0.3 is 0 Å². The van der Waals surface area contributed by atoms with Gasteiger partial charge in [0.2, 0.25) is 5.91 Å². The second kappa shape index (κ2) is 4.11. The summed E-state index contributed by atoms with van der Waals surface area (Å²) in [5, 5.41) is 1.66. The summed E-state index contributed by atoms with van der Waals surface area (Å²) in [5.74, 6) is 0.0313. The summed E-state index contributed by atoms with van der Waals surface area (Å²) in [6.07, 6.45) is 1.78. The van der Waals surface area contributed by atoms with Crippen molar-refractivity contribution < 1.29 is 4.79 Å². The molecule has 0 aromatic rings. The van der Waals surface area contributed by atoms with Gasteiger partial charge in [0.15, 0.2) is 0 Å². The maximum absolute atomic E-state index is 11.2. The number of nitrogens with one attached hydrogen (secondary N) is 2. The third kappa shape index (κ3) is 2.60. The Kier molecular flexibility index (Phi) is 3.10. The highest BCUT2D eigenvalue weighted by atomic mass is 16.2. The van der Waals surface area contributed by atoms with Crippen molar-refractivity contribution in [2.24, 2.45) is 5.73 Å². The van der Waals surface area contributed by atoms with Crippen molar-refractivity contribution in [1.29, 1.82) is 0 Å². The molecule has 0 aliphatic carbocycles. The SMILES string of the molecule is CN(C)C(=O)CN1C=C(CN)NN1. The zero-order valence-corrected chi connectivity index (χ0v) is 7.87. The molecule has 1 aliphatic rings. The van der Waals surface area contributed by atoms with Gasteiger partial charge in [-0.25, -0.2) is 0 Å². The molecule has 0 radical (unpaired) electrons. The van der Waals surface area contributed by atoms with Crippen molar-refractivity contribution >= 4 is 5.91 Å². The monoisotopic (exact) mass is 185 g/mol. The zero-order valence-electron chi connectivity index (χ0n) is 7.87. The maximum atomic E-state index is 11.2. The number of rotatable bonds is 3. The van der Waals surface area contributed by atoms with Crippen LogP contribution < -0.4 is 16.7 Å². The number of hydrogen-bond donors (Lipinski definition) is 3. The predicted octanol–water partition coefficient (Wildman–Crippen LogP) is -1.80. The number of likely N-dealkylation sites (N-methyl/N-ethyl adjacent to an activating group) is 1. The van der Waals surface area contributed by atoms with Gasteiger partial charge in [0, 0.05) is 26.8 Å². The molecule has 0 fully saturated rings. The number of hydrazine groups is 2. The molecule has 0 atom stereocenters. The van der Waals surface area contributed by atoms with Gasteiger partial charge in [0.25, 0.3) is 0 Å². The van der Waals surface area contributed by atoms with Gasteiger partial charge < -0.3 is 16.1 Å². The molecule has 1 aliphatic heterocycles. The molecule has 6 heteroatoms. The molecule has 0 aromatic heterocycles. The summed E-state index contributed by atoms with van der Waals surface area (Å²) in [7, 11) is 3.44. The average Bonchev–Trinajstić information content (AvgIpc) is 2.52. The number of nitrogens with two attached hydrogens (primary N) is 1. The van der Waals surface area contributed by atoms with E-state index < -0.39 is 0 Å². The molecule has 1 rings (SSSR count). The van der Waals surface area contributed by atoms with Crippen LogP contribution in [0.4, 0.5) is 0 Å². The van der Waals surface area contributed by atoms with Crippen molar-refractivity contribution in [2.75, 3.05) is 27.2 Å². The van der Waals surface area contributed by atoms with Crippen LogP contribution in [0.25, 0.3) is 0 Å². The van der Waals surface area contributed by atoms with Crippen LogP contribution in [-0.2, 0) is 4.79 Å². The topological polar surface area (TPSA) is 73.6 Å². The summed E-state index contributed by atoms with van der Waals surface area (Å²) in [6.45, 7) is 0.725. The summed E-state index contributed by atoms with van der Waals surface area (Å²) >= 11 is 0. The largest absolute Gasteiger partial charge is 0.347 e. The van der Waals surface area contributed by atoms with E-state index in [1.54, 1.807) is 25.3 Å². The Bertz CT molecular complexity index is 225. The van der Waals surface area contributed by atoms with E-state index in [0.29, 0.717) is 13.1 Å². The lowest BCUT2D eigenvalue weighted by Crippen LogP contribution is -2.42. The molecular formula is C7H15N5O. The molecule has 13 heavy (non-hydrogen) atoms. The van der Waals surface area contributed by atoms with Crippen LogP contribution in [-0.4, -0.2) is 43.0 Å². The minimum Gasteiger partial charge on any atom is -0.347 e. The fourth-order valence-electron chi connectivity index (χ4n) is 0.872. The number of amides is 1. The van der Waals surface area contributed by atoms with Gasteiger partial charge in [-0.15, -0.1) is 5.53 Å². The molecule has 6 nitrogen and oxygen atoms in total. The maximum Gasteiger partial charge on any atom is 0.243 e. The van der Waals surface area contributed by atoms with Crippen LogP contribution >= 0.6 is 0 Å². The predicted molar refractivity (Wildman–Crippen MR) is 48.8 cm³/mol. The highest BCUT2D eigenvalue weighted by Gasteiger charge is 2.13. The van der Waals surface area contributed by atoms with Crippen molar-refractivity contribution in [3.05, 3.63) is 11.9 Å². The van der Waals surface area contributed by atoms with Crippen LogP contribution in [0.2, 0.25) is 0 Å². The van der Waals surface area contributed by atoms with Gasteiger partial charge in [-0.2, -0.15) is 0 Å². The highest BCUT2D eigenvalue weighted by molar-refractivity contribution is 5.77. The minimum atomic E-state index is 0.0313. The van der Waals surface area contributed by atoms with Gasteiger partial charge in [-0.1, -0.05) is 0 Å². The fourth-order valence-corrected chi connectivity index (χ4v) is 0.872. The number of carbonyl (C=O) groups excluding carboxylic acids is 1. The van der Waals surface area contributed by atoms with Gasteiger partial charge in [0.1, 0.15) is 6.54 Å². The van der Waals surface area contributed by atoms with E-state index in [2.05, 4.69) is 11.0 Å². The number of carbonyl (C=O) groups is 1. The summed E-state index contributed by atoms with van der Waals surface area (Å²) in [4.78, 5) is 12.8. The first kappa shape index (κ1) is 9.82. The van der Waals surface area contributed by atoms with E-state index in [1.165, 1.54) is 4.90 Å². The second-order valence-corrected chi connectivity index (χ2v) is 3.01. The zero-order chi connectivity index (χ0) is 9.84. The van der Waals surface area contributed by atoms with Crippen LogP contribution in [0.5, 0.6) is 0 Å². The van der Waals surface area contributed by atoms with Crippen molar-refractivity contribution in [3.8, 4) is 0 Å². The Morgan fingerprint density at radius 1 is 1.69 bits per heavy atom. The normalized spacial score (nSPS) is 15.3. The molecule has 4 N–H and O–H groups in total. The summed E-state index contributed by atoms with van der Waals surface area (Å²) < 4.78 is 0. The van der Waals surface area contributed by atoms with Crippen LogP contribution in [0.3, 0.4) is 0 Å². The Labute approximate surface area is 77.3 Å². The van der Waals surface area contributed by atoms with Gasteiger partial charge in [0.05, 0.1) is 5.70 Å². The lowest BCUT2D eigenvalue weighted by Gasteiger charge is -2.17. The first-order valence-electron chi connectivity index (χ1n) is 4.02. The van der Waals surface area contributed by atoms with Crippen molar-refractivity contribution in [1.82, 2.24) is 20.9 Å². The lowest BCUT2D eigenvalue weighted by molar-refractivity contribution is -0.129. The number of nitrogens with zero attached hydrogens (tertiary/aromatic N) is 2. The van der Waals surface area contributed by atoms with Crippen LogP contribution in [0.1, 0.15) is 0 Å². The Morgan fingerprint density at radius 2 is 2.38 bits per heavy atom. The quantitative estimate of drug-likeness (QED) is 0.484. The van der Waals surface area contributed by atoms with E-state index in [4.69, 9.17) is 5.73 Å². The summed E-state index contributed by atoms with van der Waals surface area (Å²) in [5.41, 5.74) is 11.9. The standard InChI is InChI=1S/C7H15N5O/c1-11(2)7(13)5-12-4-6(3-8)9-10-12/h4,9-10H,3,5,8H2,1-2H3. The van der Waals surface area contributed by atoms with E-state index in [9.17, 15) is 4.79 Å². The van der Waals surface area contributed by atoms with Crippen LogP contribution in [0, 0.1) is 0 Å². The molecule has 0 bridgehead atoms. The van der Waals surface area contributed by atoms with Gasteiger partial charge in [-0.05, 0) is 0 Å². The highest BCUT2D eigenvalue weighted by Crippen LogP contribution is 1.97.